The van der Waals surface area contributed by atoms with E-state index in [1.54, 1.807) is 6.92 Å². The Labute approximate surface area is 91.3 Å². The highest BCUT2D eigenvalue weighted by molar-refractivity contribution is 7.80. The predicted octanol–water partition coefficient (Wildman–Crippen LogP) is 2.97. The molecular weight excluding hydrogens is 227 g/mol. The fourth-order valence-electron chi connectivity index (χ4n) is 1.20. The van der Waals surface area contributed by atoms with E-state index in [1.807, 2.05) is 0 Å². The van der Waals surface area contributed by atoms with Gasteiger partial charge in [0.05, 0.1) is 0 Å². The SMILES string of the molecule is Cc1cc(CNC(C)S)c(C(F)(F)F)o1. The second kappa shape index (κ2) is 4.49. The summed E-state index contributed by atoms with van der Waals surface area (Å²) in [6, 6.07) is 1.38. The molecule has 6 heteroatoms. The minimum atomic E-state index is -4.44. The fraction of sp³-hybridized carbons (Fsp3) is 0.556. The smallest absolute Gasteiger partial charge is 0.449 e. The lowest BCUT2D eigenvalue weighted by Gasteiger charge is -2.08. The first-order valence-corrected chi connectivity index (χ1v) is 4.90. The van der Waals surface area contributed by atoms with Crippen molar-refractivity contribution in [2.24, 2.45) is 0 Å². The second-order valence-electron chi connectivity index (χ2n) is 3.27. The van der Waals surface area contributed by atoms with Crippen molar-refractivity contribution in [2.75, 3.05) is 0 Å². The largest absolute Gasteiger partial charge is 0.456 e. The normalized spacial score (nSPS) is 14.3. The molecule has 0 amide bonds. The zero-order chi connectivity index (χ0) is 11.6. The number of furan rings is 1. The van der Waals surface area contributed by atoms with Crippen molar-refractivity contribution in [3.8, 4) is 0 Å². The topological polar surface area (TPSA) is 25.2 Å². The van der Waals surface area contributed by atoms with Crippen LogP contribution < -0.4 is 5.32 Å². The summed E-state index contributed by atoms with van der Waals surface area (Å²) in [4.78, 5) is 0. The van der Waals surface area contributed by atoms with Crippen molar-refractivity contribution in [2.45, 2.75) is 31.9 Å². The number of nitrogens with one attached hydrogen (secondary N) is 1. The van der Waals surface area contributed by atoms with E-state index >= 15 is 0 Å². The van der Waals surface area contributed by atoms with Crippen LogP contribution in [0.3, 0.4) is 0 Å². The third-order valence-electron chi connectivity index (χ3n) is 1.78. The van der Waals surface area contributed by atoms with E-state index in [-0.39, 0.29) is 23.2 Å². The molecule has 0 radical (unpaired) electrons. The van der Waals surface area contributed by atoms with Gasteiger partial charge in [-0.1, -0.05) is 0 Å². The summed E-state index contributed by atoms with van der Waals surface area (Å²) in [5.74, 6) is -0.674. The van der Waals surface area contributed by atoms with Gasteiger partial charge in [0.2, 0.25) is 5.76 Å². The number of halogens is 3. The van der Waals surface area contributed by atoms with Crippen LogP contribution in [0.15, 0.2) is 10.5 Å². The Kier molecular flexibility index (Phi) is 3.72. The number of thiol groups is 1. The van der Waals surface area contributed by atoms with Gasteiger partial charge in [0, 0.05) is 17.5 Å². The van der Waals surface area contributed by atoms with Gasteiger partial charge in [0.15, 0.2) is 0 Å². The molecule has 0 aliphatic carbocycles. The number of rotatable bonds is 3. The highest BCUT2D eigenvalue weighted by atomic mass is 32.1. The molecule has 0 fully saturated rings. The zero-order valence-electron chi connectivity index (χ0n) is 8.35. The predicted molar refractivity (Wildman–Crippen MR) is 53.7 cm³/mol. The number of hydrogen-bond acceptors (Lipinski definition) is 3. The maximum absolute atomic E-state index is 12.4. The van der Waals surface area contributed by atoms with Crippen LogP contribution in [0.25, 0.3) is 0 Å². The molecule has 1 heterocycles. The lowest BCUT2D eigenvalue weighted by Crippen LogP contribution is -2.21. The van der Waals surface area contributed by atoms with E-state index in [0.29, 0.717) is 0 Å². The van der Waals surface area contributed by atoms with Gasteiger partial charge in [0.1, 0.15) is 5.76 Å². The van der Waals surface area contributed by atoms with Crippen LogP contribution in [-0.2, 0) is 12.7 Å². The van der Waals surface area contributed by atoms with Crippen LogP contribution in [0.5, 0.6) is 0 Å². The molecule has 1 rings (SSSR count). The summed E-state index contributed by atoms with van der Waals surface area (Å²) in [6.45, 7) is 3.32. The van der Waals surface area contributed by atoms with Gasteiger partial charge in [-0.15, -0.1) is 0 Å². The lowest BCUT2D eigenvalue weighted by atomic mass is 10.2. The van der Waals surface area contributed by atoms with Gasteiger partial charge in [-0.2, -0.15) is 25.8 Å². The number of aryl methyl sites for hydroxylation is 1. The first-order chi connectivity index (χ1) is 6.80. The van der Waals surface area contributed by atoms with Gasteiger partial charge in [-0.25, -0.2) is 0 Å². The molecule has 1 atom stereocenters. The quantitative estimate of drug-likeness (QED) is 0.626. The van der Waals surface area contributed by atoms with Gasteiger partial charge in [0.25, 0.3) is 0 Å². The maximum atomic E-state index is 12.4. The molecule has 0 aliphatic heterocycles. The third kappa shape index (κ3) is 3.46. The summed E-state index contributed by atoms with van der Waals surface area (Å²) < 4.78 is 42.0. The van der Waals surface area contributed by atoms with Crippen LogP contribution in [0, 0.1) is 6.92 Å². The molecule has 0 saturated carbocycles. The fourth-order valence-corrected chi connectivity index (χ4v) is 1.29. The molecular formula is C9H12F3NOS. The Morgan fingerprint density at radius 3 is 2.60 bits per heavy atom. The van der Waals surface area contributed by atoms with Crippen molar-refractivity contribution in [1.29, 1.82) is 0 Å². The summed E-state index contributed by atoms with van der Waals surface area (Å²) in [5.41, 5.74) is 0.112. The van der Waals surface area contributed by atoms with E-state index in [4.69, 9.17) is 0 Å². The van der Waals surface area contributed by atoms with E-state index in [2.05, 4.69) is 22.4 Å². The number of hydrogen-bond donors (Lipinski definition) is 2. The Morgan fingerprint density at radius 2 is 2.13 bits per heavy atom. The molecule has 0 aliphatic rings. The molecule has 0 spiro atoms. The highest BCUT2D eigenvalue weighted by Gasteiger charge is 2.37. The second-order valence-corrected chi connectivity index (χ2v) is 4.04. The minimum absolute atomic E-state index is 0.0941. The van der Waals surface area contributed by atoms with Crippen LogP contribution in [0.1, 0.15) is 24.0 Å². The molecule has 0 saturated heterocycles. The molecule has 1 unspecified atom stereocenters. The van der Waals surface area contributed by atoms with E-state index < -0.39 is 11.9 Å². The average molecular weight is 239 g/mol. The monoisotopic (exact) mass is 239 g/mol. The van der Waals surface area contributed by atoms with Crippen molar-refractivity contribution in [3.05, 3.63) is 23.2 Å². The maximum Gasteiger partial charge on any atom is 0.449 e. The van der Waals surface area contributed by atoms with E-state index in [9.17, 15) is 13.2 Å². The molecule has 2 nitrogen and oxygen atoms in total. The lowest BCUT2D eigenvalue weighted by molar-refractivity contribution is -0.154. The molecule has 0 bridgehead atoms. The zero-order valence-corrected chi connectivity index (χ0v) is 9.25. The molecule has 1 aromatic heterocycles. The van der Waals surface area contributed by atoms with Crippen molar-refractivity contribution in [1.82, 2.24) is 5.32 Å². The van der Waals surface area contributed by atoms with E-state index in [1.165, 1.54) is 13.0 Å². The van der Waals surface area contributed by atoms with Gasteiger partial charge < -0.3 is 9.73 Å². The Bertz CT molecular complexity index is 333. The molecule has 0 aromatic carbocycles. The van der Waals surface area contributed by atoms with Crippen molar-refractivity contribution < 1.29 is 17.6 Å². The minimum Gasteiger partial charge on any atom is -0.456 e. The Morgan fingerprint density at radius 1 is 1.53 bits per heavy atom. The van der Waals surface area contributed by atoms with Crippen LogP contribution in [0.4, 0.5) is 13.2 Å². The summed E-state index contributed by atoms with van der Waals surface area (Å²) in [7, 11) is 0. The Balaban J connectivity index is 2.87. The van der Waals surface area contributed by atoms with E-state index in [0.717, 1.165) is 0 Å². The molecule has 1 aromatic rings. The molecule has 86 valence electrons. The van der Waals surface area contributed by atoms with Gasteiger partial charge >= 0.3 is 6.18 Å². The van der Waals surface area contributed by atoms with Gasteiger partial charge in [-0.05, 0) is 19.9 Å². The first-order valence-electron chi connectivity index (χ1n) is 4.38. The summed E-state index contributed by atoms with van der Waals surface area (Å²) in [5, 5.41) is 2.63. The van der Waals surface area contributed by atoms with Gasteiger partial charge in [-0.3, -0.25) is 0 Å². The third-order valence-corrected chi connectivity index (χ3v) is 1.96. The Hall–Kier alpha value is -0.620. The first kappa shape index (κ1) is 12.4. The standard InChI is InChI=1S/C9H12F3NOS/c1-5-3-7(4-13-6(2)15)8(14-5)9(10,11)12/h3,6,13,15H,4H2,1-2H3. The molecule has 1 N–H and O–H groups in total. The van der Waals surface area contributed by atoms with Crippen LogP contribution in [-0.4, -0.2) is 5.37 Å². The highest BCUT2D eigenvalue weighted by Crippen LogP contribution is 2.33. The van der Waals surface area contributed by atoms with Crippen LogP contribution >= 0.6 is 12.6 Å². The summed E-state index contributed by atoms with van der Waals surface area (Å²) >= 11 is 4.02. The molecule has 15 heavy (non-hydrogen) atoms. The number of alkyl halides is 3. The van der Waals surface area contributed by atoms with Crippen LogP contribution in [0.2, 0.25) is 0 Å². The summed E-state index contributed by atoms with van der Waals surface area (Å²) in [6.07, 6.45) is -4.44. The average Bonchev–Trinajstić information content (AvgIpc) is 2.42. The van der Waals surface area contributed by atoms with Crippen molar-refractivity contribution >= 4 is 12.6 Å². The van der Waals surface area contributed by atoms with Crippen molar-refractivity contribution in [3.63, 3.8) is 0 Å².